The summed E-state index contributed by atoms with van der Waals surface area (Å²) in [5, 5.41) is 0. The summed E-state index contributed by atoms with van der Waals surface area (Å²) in [7, 11) is -3.95. The van der Waals surface area contributed by atoms with Crippen LogP contribution >= 0.6 is 26.0 Å². The Morgan fingerprint density at radius 3 is 2.36 bits per heavy atom. The minimum Gasteiger partial charge on any atom is -0.432 e. The number of rotatable bonds is 11. The fourth-order valence-electron chi connectivity index (χ4n) is 5.85. The molecule has 3 aromatic rings. The molecule has 10 atom stereocenters. The highest BCUT2D eigenvalue weighted by molar-refractivity contribution is 8.55. The molecule has 6 rings (SSSR count). The molecule has 0 amide bonds. The largest absolute Gasteiger partial charge is 0.510 e. The maximum absolute atomic E-state index is 16.7. The van der Waals surface area contributed by atoms with Crippen molar-refractivity contribution in [3.05, 3.63) is 45.8 Å². The summed E-state index contributed by atoms with van der Waals surface area (Å²) in [5.41, 5.74) is 4.41. The quantitative estimate of drug-likeness (QED) is 0.159. The van der Waals surface area contributed by atoms with Crippen molar-refractivity contribution >= 4 is 55.3 Å². The van der Waals surface area contributed by atoms with Crippen LogP contribution in [0.15, 0.2) is 34.5 Å². The molecule has 0 radical (unpaired) electrons. The summed E-state index contributed by atoms with van der Waals surface area (Å²) in [4.78, 5) is 63.4. The van der Waals surface area contributed by atoms with Gasteiger partial charge in [0, 0.05) is 30.8 Å². The van der Waals surface area contributed by atoms with Crippen molar-refractivity contribution in [1.29, 1.82) is 0 Å². The van der Waals surface area contributed by atoms with Gasteiger partial charge in [-0.1, -0.05) is 0 Å². The second kappa shape index (κ2) is 18.7. The molecule has 0 saturated carbocycles. The second-order valence-corrected chi connectivity index (χ2v) is 18.7. The number of H-pyrrole nitrogens is 1. The minimum absolute atomic E-state index is 0.0359. The summed E-state index contributed by atoms with van der Waals surface area (Å²) in [6.45, 7) is -1.28. The molecule has 29 heteroatoms. The van der Waals surface area contributed by atoms with Crippen LogP contribution in [0.5, 0.6) is 0 Å². The highest BCUT2D eigenvalue weighted by Gasteiger charge is 2.56. The molecule has 59 heavy (non-hydrogen) atoms. The fraction of sp³-hybridized carbons (Fsp3) is 0.633. The number of alkyl halides is 1. The maximum Gasteiger partial charge on any atom is 0.510 e. The zero-order chi connectivity index (χ0) is 42.6. The van der Waals surface area contributed by atoms with Crippen LogP contribution in [0.25, 0.3) is 11.2 Å². The number of halogens is 1. The van der Waals surface area contributed by atoms with Crippen molar-refractivity contribution in [3.63, 3.8) is 0 Å². The standard InChI is InChI=1S/C30H40FN7O18P2S/c1-14(2)51-29(41)46-12-50-57(43)48-9-17-21(23(45-5)27(54-17)37-7-6-18(39)36-28(37)40)56-58(44,59-13-47-30(42)52-15(3)4)49-8-16-19(31)22(55-57)26(53-16)38-11-35-20-24(32)33-10-34-25(20)38/h6-7,10-11,14-17,19,21-23,26-27H,8-9,12-13H2,1-5H3,(H2,32,33,34)(H,36,39,40)/t16-,17-,19-,21-,22-,23-,26-,27-,57?,58?/m1/s1. The molecule has 0 aromatic carbocycles. The number of anilines is 1. The van der Waals surface area contributed by atoms with E-state index < -0.39 is 125 Å². The van der Waals surface area contributed by atoms with Gasteiger partial charge in [0.2, 0.25) is 6.79 Å². The van der Waals surface area contributed by atoms with Crippen LogP contribution in [0, 0.1) is 0 Å². The second-order valence-electron chi connectivity index (χ2n) is 13.1. The Hall–Kier alpha value is -4.01. The first-order valence-corrected chi connectivity index (χ1v) is 22.1. The molecular weight excluding hydrogens is 859 g/mol. The van der Waals surface area contributed by atoms with Gasteiger partial charge in [-0.25, -0.2) is 47.4 Å². The van der Waals surface area contributed by atoms with Gasteiger partial charge in [0.15, 0.2) is 36.0 Å². The molecule has 326 valence electrons. The zero-order valence-corrected chi connectivity index (χ0v) is 34.4. The lowest BCUT2D eigenvalue weighted by Crippen LogP contribution is -2.40. The lowest BCUT2D eigenvalue weighted by molar-refractivity contribution is -0.0769. The van der Waals surface area contributed by atoms with Gasteiger partial charge < -0.3 is 38.9 Å². The summed E-state index contributed by atoms with van der Waals surface area (Å²) >= 11 is 0.347. The van der Waals surface area contributed by atoms with E-state index in [1.807, 2.05) is 0 Å². The van der Waals surface area contributed by atoms with Crippen molar-refractivity contribution in [2.24, 2.45) is 0 Å². The topological polar surface area (TPSA) is 304 Å². The number of fused-ring (bicyclic) bond motifs is 4. The number of carbonyl (C=O) groups is 2. The third-order valence-electron chi connectivity index (χ3n) is 8.34. The first-order chi connectivity index (χ1) is 28.0. The van der Waals surface area contributed by atoms with Crippen LogP contribution in [-0.2, 0) is 64.9 Å². The van der Waals surface area contributed by atoms with Crippen LogP contribution < -0.4 is 17.0 Å². The molecule has 25 nitrogen and oxygen atoms in total. The molecule has 2 unspecified atom stereocenters. The number of methoxy groups -OCH3 is 1. The van der Waals surface area contributed by atoms with Gasteiger partial charge in [-0.3, -0.25) is 37.0 Å². The van der Waals surface area contributed by atoms with Crippen LogP contribution in [0.1, 0.15) is 40.2 Å². The summed E-state index contributed by atoms with van der Waals surface area (Å²) in [6, 6.07) is 1.02. The maximum atomic E-state index is 16.7. The van der Waals surface area contributed by atoms with E-state index in [2.05, 4.69) is 19.9 Å². The molecule has 0 spiro atoms. The average molecular weight is 900 g/mol. The molecule has 3 fully saturated rings. The van der Waals surface area contributed by atoms with E-state index in [1.54, 1.807) is 27.7 Å². The number of ether oxygens (including phenoxy) is 7. The van der Waals surface area contributed by atoms with E-state index in [4.69, 9.17) is 61.5 Å². The van der Waals surface area contributed by atoms with Crippen molar-refractivity contribution in [2.45, 2.75) is 89.1 Å². The first kappa shape index (κ1) is 44.5. The Morgan fingerprint density at radius 2 is 1.66 bits per heavy atom. The molecule has 6 heterocycles. The third kappa shape index (κ3) is 10.5. The van der Waals surface area contributed by atoms with Gasteiger partial charge in [-0.2, -0.15) is 0 Å². The number of nitrogens with two attached hydrogens (primary N) is 1. The zero-order valence-electron chi connectivity index (χ0n) is 31.8. The van der Waals surface area contributed by atoms with Gasteiger partial charge in [-0.05, 0) is 27.7 Å². The van der Waals surface area contributed by atoms with E-state index >= 15 is 4.39 Å². The highest BCUT2D eigenvalue weighted by Crippen LogP contribution is 2.64. The van der Waals surface area contributed by atoms with Gasteiger partial charge in [0.25, 0.3) is 5.56 Å². The molecule has 3 aliphatic heterocycles. The summed E-state index contributed by atoms with van der Waals surface area (Å²) in [5.74, 6) is -0.718. The number of aromatic nitrogens is 6. The SMILES string of the molecule is CO[C@@H]1[C@@H]2OP(=O)(SCOC(=O)OC(C)C)OC[C@H]3O[C@@H](n4cnc5c(N)ncnc54)[C@H](OP(=O)(OCOC(=O)OC(C)C)OC[C@H]2O[C@H]1n1ccc(=O)[nH]c1=O)[C@@H]3F. The Bertz CT molecular complexity index is 2200. The number of nitrogen functional groups attached to an aromatic ring is 1. The lowest BCUT2D eigenvalue weighted by atomic mass is 10.1. The van der Waals surface area contributed by atoms with Gasteiger partial charge >= 0.3 is 32.6 Å². The molecule has 3 N–H and O–H groups in total. The molecular formula is C30H40FN7O18P2S. The van der Waals surface area contributed by atoms with E-state index in [1.165, 1.54) is 18.0 Å². The van der Waals surface area contributed by atoms with Gasteiger partial charge in [0.05, 0.1) is 31.7 Å². The minimum atomic E-state index is -5.14. The number of aromatic amines is 1. The Labute approximate surface area is 336 Å². The highest BCUT2D eigenvalue weighted by atomic mass is 32.7. The Balaban J connectivity index is 1.39. The molecule has 0 aliphatic carbocycles. The van der Waals surface area contributed by atoms with E-state index in [9.17, 15) is 28.3 Å². The Morgan fingerprint density at radius 1 is 0.966 bits per heavy atom. The predicted molar refractivity (Wildman–Crippen MR) is 195 cm³/mol. The van der Waals surface area contributed by atoms with Crippen molar-refractivity contribution < 1.29 is 78.9 Å². The monoisotopic (exact) mass is 899 g/mol. The third-order valence-corrected chi connectivity index (χ3v) is 13.1. The number of phosphoric acid groups is 1. The normalized spacial score (nSPS) is 31.3. The number of phosphoric ester groups is 1. The molecule has 3 aliphatic rings. The van der Waals surface area contributed by atoms with E-state index in [0.717, 1.165) is 23.2 Å². The summed E-state index contributed by atoms with van der Waals surface area (Å²) in [6.07, 6.45) is -13.5. The molecule has 2 bridgehead atoms. The van der Waals surface area contributed by atoms with Crippen LogP contribution in [-0.4, -0.2) is 123 Å². The average Bonchev–Trinajstić information content (AvgIpc) is 3.82. The number of nitrogens with one attached hydrogen (secondary N) is 1. The van der Waals surface area contributed by atoms with E-state index in [0.29, 0.717) is 11.4 Å². The smallest absolute Gasteiger partial charge is 0.432 e. The number of nitrogens with zero attached hydrogens (tertiary/aromatic N) is 5. The first-order valence-electron chi connectivity index (χ1n) is 17.5. The van der Waals surface area contributed by atoms with Crippen molar-refractivity contribution in [1.82, 2.24) is 29.1 Å². The predicted octanol–water partition coefficient (Wildman–Crippen LogP) is 2.93. The van der Waals surface area contributed by atoms with Crippen LogP contribution in [0.3, 0.4) is 0 Å². The number of carbonyl (C=O) groups excluding carboxylic acids is 2. The summed E-state index contributed by atoms with van der Waals surface area (Å²) < 4.78 is 114. The van der Waals surface area contributed by atoms with Gasteiger partial charge in [-0.15, -0.1) is 0 Å². The molecule has 3 aromatic heterocycles. The lowest BCUT2D eigenvalue weighted by Gasteiger charge is -2.29. The van der Waals surface area contributed by atoms with Crippen molar-refractivity contribution in [3.8, 4) is 0 Å². The van der Waals surface area contributed by atoms with Crippen LogP contribution in [0.4, 0.5) is 19.8 Å². The van der Waals surface area contributed by atoms with Crippen molar-refractivity contribution in [2.75, 3.05) is 38.8 Å². The number of hydrogen-bond acceptors (Lipinski definition) is 23. The number of imidazole rings is 1. The fourth-order valence-corrected chi connectivity index (χ4v) is 9.86. The Kier molecular flexibility index (Phi) is 14.1. The molecule has 3 saturated heterocycles. The van der Waals surface area contributed by atoms with Gasteiger partial charge in [0.1, 0.15) is 42.4 Å². The van der Waals surface area contributed by atoms with E-state index in [-0.39, 0.29) is 17.0 Å². The van der Waals surface area contributed by atoms with Crippen LogP contribution in [0.2, 0.25) is 0 Å². The number of hydrogen-bond donors (Lipinski definition) is 2.